The molecule has 8 heteroatoms. The number of amides is 1. The molecule has 0 spiro atoms. The zero-order valence-electron chi connectivity index (χ0n) is 16.1. The SMILES string of the molecule is CSc1ccc(OC(=O)NCc2ccccc2)cc1-c1cncc(-c2nnco2)c1. The molecule has 0 unspecified atom stereocenters. The minimum Gasteiger partial charge on any atom is -0.423 e. The number of carbonyl (C=O) groups excluding carboxylic acids is 1. The van der Waals surface area contributed by atoms with Crippen molar-refractivity contribution in [3.05, 3.63) is 78.9 Å². The number of hydrogen-bond acceptors (Lipinski definition) is 7. The normalized spacial score (nSPS) is 10.6. The van der Waals surface area contributed by atoms with Crippen LogP contribution in [0.25, 0.3) is 22.6 Å². The summed E-state index contributed by atoms with van der Waals surface area (Å²) in [5, 5.41) is 10.4. The van der Waals surface area contributed by atoms with Crippen LogP contribution in [0, 0.1) is 0 Å². The second-order valence-electron chi connectivity index (χ2n) is 6.30. The minimum atomic E-state index is -0.514. The summed E-state index contributed by atoms with van der Waals surface area (Å²) in [6.45, 7) is 0.394. The highest BCUT2D eigenvalue weighted by molar-refractivity contribution is 7.98. The predicted molar refractivity (Wildman–Crippen MR) is 114 cm³/mol. The molecule has 150 valence electrons. The van der Waals surface area contributed by atoms with Crippen molar-refractivity contribution in [2.24, 2.45) is 0 Å². The number of hydrogen-bond donors (Lipinski definition) is 1. The van der Waals surface area contributed by atoms with Crippen molar-refractivity contribution in [1.82, 2.24) is 20.5 Å². The van der Waals surface area contributed by atoms with Crippen LogP contribution in [0.4, 0.5) is 4.79 Å². The summed E-state index contributed by atoms with van der Waals surface area (Å²) in [4.78, 5) is 17.5. The molecule has 0 radical (unpaired) electrons. The molecule has 1 N–H and O–H groups in total. The van der Waals surface area contributed by atoms with Gasteiger partial charge in [-0.25, -0.2) is 4.79 Å². The van der Waals surface area contributed by atoms with E-state index in [1.54, 1.807) is 30.2 Å². The molecule has 0 fully saturated rings. The van der Waals surface area contributed by atoms with Gasteiger partial charge in [-0.2, -0.15) is 0 Å². The summed E-state index contributed by atoms with van der Waals surface area (Å²) < 4.78 is 10.7. The highest BCUT2D eigenvalue weighted by atomic mass is 32.2. The van der Waals surface area contributed by atoms with Crippen LogP contribution in [0.2, 0.25) is 0 Å². The fourth-order valence-corrected chi connectivity index (χ4v) is 3.49. The van der Waals surface area contributed by atoms with Crippen LogP contribution in [-0.4, -0.2) is 27.5 Å². The Morgan fingerprint density at radius 2 is 1.93 bits per heavy atom. The van der Waals surface area contributed by atoms with E-state index < -0.39 is 6.09 Å². The largest absolute Gasteiger partial charge is 0.423 e. The minimum absolute atomic E-state index is 0.391. The first-order chi connectivity index (χ1) is 14.7. The van der Waals surface area contributed by atoms with Crippen LogP contribution in [0.15, 0.2) is 82.7 Å². The Labute approximate surface area is 177 Å². The maximum Gasteiger partial charge on any atom is 0.412 e. The lowest BCUT2D eigenvalue weighted by Gasteiger charge is -2.12. The van der Waals surface area contributed by atoms with Gasteiger partial charge in [0, 0.05) is 35.0 Å². The summed E-state index contributed by atoms with van der Waals surface area (Å²) in [6, 6.07) is 17.1. The van der Waals surface area contributed by atoms with Crippen LogP contribution in [-0.2, 0) is 6.54 Å². The Balaban J connectivity index is 1.54. The van der Waals surface area contributed by atoms with E-state index in [0.717, 1.165) is 21.6 Å². The van der Waals surface area contributed by atoms with E-state index in [9.17, 15) is 4.79 Å². The van der Waals surface area contributed by atoms with Crippen molar-refractivity contribution in [3.8, 4) is 28.3 Å². The maximum absolute atomic E-state index is 12.2. The van der Waals surface area contributed by atoms with E-state index in [2.05, 4.69) is 20.5 Å². The van der Waals surface area contributed by atoms with Gasteiger partial charge < -0.3 is 14.5 Å². The maximum atomic E-state index is 12.2. The molecule has 2 aromatic carbocycles. The summed E-state index contributed by atoms with van der Waals surface area (Å²) in [6.07, 6.45) is 6.15. The third-order valence-electron chi connectivity index (χ3n) is 4.32. The summed E-state index contributed by atoms with van der Waals surface area (Å²) >= 11 is 1.59. The molecule has 0 aliphatic carbocycles. The molecule has 0 saturated heterocycles. The fraction of sp³-hybridized carbons (Fsp3) is 0.0909. The number of benzene rings is 2. The van der Waals surface area contributed by atoms with Gasteiger partial charge in [0.15, 0.2) is 0 Å². The molecule has 1 amide bonds. The molecule has 0 aliphatic heterocycles. The van der Waals surface area contributed by atoms with Gasteiger partial charge in [-0.1, -0.05) is 30.3 Å². The van der Waals surface area contributed by atoms with Crippen molar-refractivity contribution >= 4 is 17.9 Å². The summed E-state index contributed by atoms with van der Waals surface area (Å²) in [5.74, 6) is 0.833. The molecule has 0 atom stereocenters. The predicted octanol–water partition coefficient (Wildman–Crippen LogP) is 4.81. The number of thioether (sulfide) groups is 1. The van der Waals surface area contributed by atoms with Gasteiger partial charge in [-0.3, -0.25) is 4.98 Å². The zero-order chi connectivity index (χ0) is 20.8. The van der Waals surface area contributed by atoms with Gasteiger partial charge in [0.05, 0.1) is 5.56 Å². The van der Waals surface area contributed by atoms with Gasteiger partial charge in [0.25, 0.3) is 0 Å². The average molecular weight is 418 g/mol. The molecule has 7 nitrogen and oxygen atoms in total. The molecule has 30 heavy (non-hydrogen) atoms. The van der Waals surface area contributed by atoms with Crippen LogP contribution >= 0.6 is 11.8 Å². The van der Waals surface area contributed by atoms with E-state index in [1.807, 2.05) is 54.8 Å². The Morgan fingerprint density at radius 1 is 1.10 bits per heavy atom. The van der Waals surface area contributed by atoms with Crippen LogP contribution in [0.1, 0.15) is 5.56 Å². The van der Waals surface area contributed by atoms with E-state index in [4.69, 9.17) is 9.15 Å². The lowest BCUT2D eigenvalue weighted by Crippen LogP contribution is -2.26. The molecular formula is C22H18N4O3S. The quantitative estimate of drug-likeness (QED) is 0.449. The number of pyridine rings is 1. The third kappa shape index (κ3) is 4.66. The number of nitrogens with zero attached hydrogens (tertiary/aromatic N) is 3. The van der Waals surface area contributed by atoms with Crippen molar-refractivity contribution in [2.45, 2.75) is 11.4 Å². The first-order valence-corrected chi connectivity index (χ1v) is 10.3. The van der Waals surface area contributed by atoms with Crippen LogP contribution < -0.4 is 10.1 Å². The van der Waals surface area contributed by atoms with E-state index in [-0.39, 0.29) is 0 Å². The van der Waals surface area contributed by atoms with E-state index in [1.165, 1.54) is 6.39 Å². The first-order valence-electron chi connectivity index (χ1n) is 9.12. The molecular weight excluding hydrogens is 400 g/mol. The molecule has 0 saturated carbocycles. The monoisotopic (exact) mass is 418 g/mol. The zero-order valence-corrected chi connectivity index (χ0v) is 16.9. The van der Waals surface area contributed by atoms with E-state index >= 15 is 0 Å². The van der Waals surface area contributed by atoms with Gasteiger partial charge in [-0.15, -0.1) is 22.0 Å². The van der Waals surface area contributed by atoms with Crippen molar-refractivity contribution < 1.29 is 13.9 Å². The molecule has 2 heterocycles. The molecule has 4 rings (SSSR count). The Kier molecular flexibility index (Phi) is 6.05. The average Bonchev–Trinajstić information content (AvgIpc) is 3.34. The number of nitrogens with one attached hydrogen (secondary N) is 1. The Morgan fingerprint density at radius 3 is 2.70 bits per heavy atom. The highest BCUT2D eigenvalue weighted by Crippen LogP contribution is 2.34. The van der Waals surface area contributed by atoms with Gasteiger partial charge in [-0.05, 0) is 36.1 Å². The van der Waals surface area contributed by atoms with Crippen LogP contribution in [0.3, 0.4) is 0 Å². The summed E-state index contributed by atoms with van der Waals surface area (Å²) in [5.41, 5.74) is 3.45. The standard InChI is InChI=1S/C22H18N4O3S/c1-30-20-8-7-18(29-22(27)24-11-15-5-3-2-4-6-15)10-19(20)16-9-17(13-23-12-16)21-26-25-14-28-21/h2-10,12-14H,11H2,1H3,(H,24,27). The number of aromatic nitrogens is 3. The van der Waals surface area contributed by atoms with Gasteiger partial charge in [0.1, 0.15) is 5.75 Å². The lowest BCUT2D eigenvalue weighted by atomic mass is 10.1. The van der Waals surface area contributed by atoms with Gasteiger partial charge in [0.2, 0.25) is 12.3 Å². The number of ether oxygens (including phenoxy) is 1. The second kappa shape index (κ2) is 9.23. The highest BCUT2D eigenvalue weighted by Gasteiger charge is 2.12. The topological polar surface area (TPSA) is 90.1 Å². The fourth-order valence-electron chi connectivity index (χ4n) is 2.89. The Hall–Kier alpha value is -3.65. The van der Waals surface area contributed by atoms with Crippen molar-refractivity contribution in [1.29, 1.82) is 0 Å². The smallest absolute Gasteiger partial charge is 0.412 e. The third-order valence-corrected chi connectivity index (χ3v) is 5.11. The number of carbonyl (C=O) groups is 1. The Bertz CT molecular complexity index is 1130. The van der Waals surface area contributed by atoms with E-state index in [0.29, 0.717) is 23.7 Å². The molecule has 4 aromatic rings. The molecule has 0 aliphatic rings. The van der Waals surface area contributed by atoms with Crippen molar-refractivity contribution in [3.63, 3.8) is 0 Å². The van der Waals surface area contributed by atoms with Crippen molar-refractivity contribution in [2.75, 3.05) is 6.26 Å². The number of rotatable bonds is 6. The lowest BCUT2D eigenvalue weighted by molar-refractivity contribution is 0.200. The molecule has 0 bridgehead atoms. The summed E-state index contributed by atoms with van der Waals surface area (Å²) in [7, 11) is 0. The second-order valence-corrected chi connectivity index (χ2v) is 7.15. The first kappa shape index (κ1) is 19.7. The van der Waals surface area contributed by atoms with Gasteiger partial charge >= 0.3 is 6.09 Å². The van der Waals surface area contributed by atoms with Crippen LogP contribution in [0.5, 0.6) is 5.75 Å². The molecule has 2 aromatic heterocycles.